The molecule has 0 radical (unpaired) electrons. The number of nitrogens with one attached hydrogen (secondary N) is 1. The number of likely N-dealkylation sites (tertiary alicyclic amines) is 1. The predicted octanol–water partition coefficient (Wildman–Crippen LogP) is 3.13. The van der Waals surface area contributed by atoms with Gasteiger partial charge in [0.1, 0.15) is 23.7 Å². The first-order valence-corrected chi connectivity index (χ1v) is 15.9. The zero-order chi connectivity index (χ0) is 31.6. The van der Waals surface area contributed by atoms with E-state index < -0.39 is 47.2 Å². The number of hydrogen-bond donors (Lipinski definition) is 2. The van der Waals surface area contributed by atoms with Crippen molar-refractivity contribution in [3.63, 3.8) is 0 Å². The lowest BCUT2D eigenvalue weighted by molar-refractivity contribution is -0.159. The molecule has 0 bridgehead atoms. The second-order valence-corrected chi connectivity index (χ2v) is 14.4. The Morgan fingerprint density at radius 1 is 1.02 bits per heavy atom. The summed E-state index contributed by atoms with van der Waals surface area (Å²) in [5, 5.41) is 12.0. The van der Waals surface area contributed by atoms with Gasteiger partial charge in [-0.2, -0.15) is 0 Å². The molecule has 1 spiro atoms. The molecule has 0 aliphatic carbocycles. The summed E-state index contributed by atoms with van der Waals surface area (Å²) in [5.41, 5.74) is -1.87. The van der Waals surface area contributed by atoms with Crippen LogP contribution in [0.4, 0.5) is 0 Å². The van der Waals surface area contributed by atoms with Crippen LogP contribution in [0.5, 0.6) is 0 Å². The van der Waals surface area contributed by atoms with E-state index in [1.807, 2.05) is 23.1 Å². The highest BCUT2D eigenvalue weighted by Gasteiger charge is 2.72. The molecule has 4 rings (SSSR count). The first kappa shape index (κ1) is 33.2. The van der Waals surface area contributed by atoms with Gasteiger partial charge in [-0.25, -0.2) is 0 Å². The third kappa shape index (κ3) is 7.00. The average Bonchev–Trinajstić information content (AvgIpc) is 3.28. The molecule has 2 N–H and O–H groups in total. The number of unbranched alkanes of at least 4 members (excludes halogenated alkanes) is 3. The topological polar surface area (TPSA) is 125 Å². The van der Waals surface area contributed by atoms with Gasteiger partial charge in [-0.1, -0.05) is 57.9 Å². The van der Waals surface area contributed by atoms with Crippen LogP contribution in [0.15, 0.2) is 24.3 Å². The van der Waals surface area contributed by atoms with Crippen LogP contribution in [-0.4, -0.2) is 94.2 Å². The molecule has 4 aliphatic rings. The third-order valence-corrected chi connectivity index (χ3v) is 9.03. The number of aliphatic hydroxyl groups is 1. The van der Waals surface area contributed by atoms with Crippen LogP contribution in [0.25, 0.3) is 0 Å². The van der Waals surface area contributed by atoms with E-state index in [4.69, 9.17) is 9.47 Å². The van der Waals surface area contributed by atoms with Crippen molar-refractivity contribution in [2.75, 3.05) is 26.2 Å². The molecule has 0 aromatic carbocycles. The minimum absolute atomic E-state index is 0.0385. The number of allylic oxidation sites excluding steroid dienone is 1. The summed E-state index contributed by atoms with van der Waals surface area (Å²) in [7, 11) is 0. The summed E-state index contributed by atoms with van der Waals surface area (Å²) in [4.78, 5) is 58.6. The van der Waals surface area contributed by atoms with Crippen molar-refractivity contribution in [2.45, 2.75) is 116 Å². The smallest absolute Gasteiger partial charge is 0.313 e. The van der Waals surface area contributed by atoms with Gasteiger partial charge in [0.15, 0.2) is 0 Å². The van der Waals surface area contributed by atoms with Crippen molar-refractivity contribution < 1.29 is 33.8 Å². The first-order valence-electron chi connectivity index (χ1n) is 15.9. The van der Waals surface area contributed by atoms with E-state index in [9.17, 15) is 24.3 Å². The second-order valence-electron chi connectivity index (χ2n) is 14.4. The minimum atomic E-state index is -1.33. The van der Waals surface area contributed by atoms with Gasteiger partial charge < -0.3 is 29.7 Å². The lowest BCUT2D eigenvalue weighted by Crippen LogP contribution is -2.59. The van der Waals surface area contributed by atoms with Crippen molar-refractivity contribution in [1.29, 1.82) is 0 Å². The van der Waals surface area contributed by atoms with Crippen LogP contribution in [0.1, 0.15) is 86.5 Å². The average molecular weight is 602 g/mol. The van der Waals surface area contributed by atoms with Crippen LogP contribution in [0, 0.1) is 17.3 Å². The highest BCUT2D eigenvalue weighted by Crippen LogP contribution is 2.53. The van der Waals surface area contributed by atoms with E-state index >= 15 is 0 Å². The number of rotatable bonds is 8. The Morgan fingerprint density at radius 2 is 1.74 bits per heavy atom. The third-order valence-electron chi connectivity index (χ3n) is 9.03. The molecule has 0 aromatic heterocycles. The predicted molar refractivity (Wildman–Crippen MR) is 162 cm³/mol. The van der Waals surface area contributed by atoms with Gasteiger partial charge in [-0.15, -0.1) is 0 Å². The fraction of sp³-hybridized carbons (Fsp3) is 0.758. The van der Waals surface area contributed by atoms with Crippen molar-refractivity contribution in [3.05, 3.63) is 24.3 Å². The van der Waals surface area contributed by atoms with Crippen molar-refractivity contribution in [2.24, 2.45) is 17.3 Å². The molecule has 0 aromatic rings. The van der Waals surface area contributed by atoms with Crippen LogP contribution >= 0.6 is 0 Å². The van der Waals surface area contributed by atoms with E-state index in [-0.39, 0.29) is 42.7 Å². The lowest BCUT2D eigenvalue weighted by Gasteiger charge is -2.44. The Labute approximate surface area is 256 Å². The standard InChI is InChI=1S/C33H51N3O7/c1-22-20-34-24(38)15-10-9-14-23-25(30(41)42-22)26-28(39)35(17-11-7-8-12-19-37)27-29(40)36(18-13-16-33(26,27)43-23)32(5,6)21-31(2,3)4/h9,13-14,16,22-23,25-27,37H,7-8,10-12,15,17-21H2,1-6H3,(H,34,38)/b14-9-/t22-,23-,25+,26+,27-,33+/m0/s1. The molecule has 240 valence electrons. The summed E-state index contributed by atoms with van der Waals surface area (Å²) >= 11 is 0. The highest BCUT2D eigenvalue weighted by atomic mass is 16.6. The highest BCUT2D eigenvalue weighted by molar-refractivity contribution is 5.99. The summed E-state index contributed by atoms with van der Waals surface area (Å²) in [6, 6.07) is -0.925. The maximum absolute atomic E-state index is 14.7. The molecular formula is C33H51N3O7. The van der Waals surface area contributed by atoms with Crippen molar-refractivity contribution >= 4 is 23.7 Å². The van der Waals surface area contributed by atoms with Crippen LogP contribution in [0.3, 0.4) is 0 Å². The number of carbonyl (C=O) groups excluding carboxylic acids is 4. The van der Waals surface area contributed by atoms with Crippen LogP contribution in [-0.2, 0) is 28.7 Å². The molecule has 3 amide bonds. The number of fused-ring (bicyclic) bond motifs is 2. The zero-order valence-corrected chi connectivity index (χ0v) is 26.8. The fourth-order valence-corrected chi connectivity index (χ4v) is 7.59. The van der Waals surface area contributed by atoms with E-state index in [0.29, 0.717) is 32.4 Å². The molecule has 10 heteroatoms. The van der Waals surface area contributed by atoms with E-state index in [2.05, 4.69) is 39.9 Å². The molecule has 10 nitrogen and oxygen atoms in total. The maximum atomic E-state index is 14.7. The van der Waals surface area contributed by atoms with E-state index in [1.54, 1.807) is 17.9 Å². The summed E-state index contributed by atoms with van der Waals surface area (Å²) in [6.07, 6.45) is 10.4. The number of hydrogen-bond acceptors (Lipinski definition) is 7. The van der Waals surface area contributed by atoms with Crippen molar-refractivity contribution in [3.8, 4) is 0 Å². The largest absolute Gasteiger partial charge is 0.460 e. The van der Waals surface area contributed by atoms with Crippen molar-refractivity contribution in [1.82, 2.24) is 15.1 Å². The number of esters is 1. The van der Waals surface area contributed by atoms with Gasteiger partial charge in [0.05, 0.1) is 18.6 Å². The Kier molecular flexibility index (Phi) is 10.1. The maximum Gasteiger partial charge on any atom is 0.313 e. The SMILES string of the molecule is C[C@H]1CNC(=O)CC/C=C\[C@@H]2O[C@@]34C=CCN(C(C)(C)CC(C)(C)C)C(=O)[C@@H]3N(CCCCCCO)C(=O)[C@H]4[C@@H]2C(=O)O1. The van der Waals surface area contributed by atoms with Gasteiger partial charge in [0.25, 0.3) is 0 Å². The first-order chi connectivity index (χ1) is 20.2. The number of amides is 3. The number of ether oxygens (including phenoxy) is 2. The van der Waals surface area contributed by atoms with Gasteiger partial charge >= 0.3 is 5.97 Å². The number of cyclic esters (lactones) is 1. The Hall–Kier alpha value is -2.72. The van der Waals surface area contributed by atoms with E-state index in [0.717, 1.165) is 19.3 Å². The normalized spacial score (nSPS) is 32.7. The molecule has 6 atom stereocenters. The molecular weight excluding hydrogens is 550 g/mol. The summed E-state index contributed by atoms with van der Waals surface area (Å²) < 4.78 is 12.5. The molecule has 43 heavy (non-hydrogen) atoms. The fourth-order valence-electron chi connectivity index (χ4n) is 7.59. The Morgan fingerprint density at radius 3 is 2.44 bits per heavy atom. The number of nitrogens with zero attached hydrogens (tertiary/aromatic N) is 2. The molecule has 2 fully saturated rings. The second kappa shape index (κ2) is 13.1. The van der Waals surface area contributed by atoms with Crippen LogP contribution in [0.2, 0.25) is 0 Å². The van der Waals surface area contributed by atoms with Gasteiger partial charge in [-0.05, 0) is 51.9 Å². The van der Waals surface area contributed by atoms with Gasteiger partial charge in [-0.3, -0.25) is 19.2 Å². The number of aliphatic hydroxyl groups excluding tert-OH is 1. The lowest BCUT2D eigenvalue weighted by atomic mass is 9.77. The summed E-state index contributed by atoms with van der Waals surface area (Å²) in [5.74, 6) is -3.00. The number of carbonyl (C=O) groups is 4. The monoisotopic (exact) mass is 601 g/mol. The summed E-state index contributed by atoms with van der Waals surface area (Å²) in [6.45, 7) is 13.3. The van der Waals surface area contributed by atoms with Gasteiger partial charge in [0.2, 0.25) is 17.7 Å². The molecule has 4 heterocycles. The minimum Gasteiger partial charge on any atom is -0.460 e. The Balaban J connectivity index is 1.75. The molecule has 4 aliphatic heterocycles. The van der Waals surface area contributed by atoms with Gasteiger partial charge in [0, 0.05) is 31.7 Å². The quantitative estimate of drug-likeness (QED) is 0.249. The Bertz CT molecular complexity index is 1130. The zero-order valence-electron chi connectivity index (χ0n) is 26.8. The molecule has 0 unspecified atom stereocenters. The van der Waals surface area contributed by atoms with Crippen LogP contribution < -0.4 is 5.32 Å². The molecule has 2 saturated heterocycles. The molecule has 0 saturated carbocycles. The van der Waals surface area contributed by atoms with E-state index in [1.165, 1.54) is 0 Å².